The lowest BCUT2D eigenvalue weighted by atomic mass is 10.0. The van der Waals surface area contributed by atoms with Crippen molar-refractivity contribution in [3.05, 3.63) is 60.2 Å². The molecule has 0 radical (unpaired) electrons. The number of hydrogen-bond acceptors (Lipinski definition) is 3. The number of nitrogens with two attached hydrogens (primary N) is 1. The van der Waals surface area contributed by atoms with E-state index in [1.165, 1.54) is 0 Å². The van der Waals surface area contributed by atoms with E-state index < -0.39 is 21.0 Å². The second-order valence-electron chi connectivity index (χ2n) is 5.32. The van der Waals surface area contributed by atoms with Gasteiger partial charge in [0.1, 0.15) is 5.25 Å². The Balaban J connectivity index is 2.07. The van der Waals surface area contributed by atoms with Crippen LogP contribution in [0.1, 0.15) is 12.0 Å². The number of primary amides is 1. The Labute approximate surface area is 130 Å². The van der Waals surface area contributed by atoms with Crippen molar-refractivity contribution in [3.63, 3.8) is 0 Å². The Kier molecular flexibility index (Phi) is 4.98. The lowest BCUT2D eigenvalue weighted by molar-refractivity contribution is -0.117. The van der Waals surface area contributed by atoms with Crippen molar-refractivity contribution >= 4 is 15.7 Å². The number of carbonyl (C=O) groups is 1. The van der Waals surface area contributed by atoms with Crippen molar-refractivity contribution < 1.29 is 13.2 Å². The van der Waals surface area contributed by atoms with Gasteiger partial charge in [0, 0.05) is 6.26 Å². The molecule has 0 aliphatic carbocycles. The van der Waals surface area contributed by atoms with E-state index in [1.54, 1.807) is 0 Å². The van der Waals surface area contributed by atoms with Crippen LogP contribution in [-0.2, 0) is 21.1 Å². The van der Waals surface area contributed by atoms with Gasteiger partial charge in [0.2, 0.25) is 5.91 Å². The van der Waals surface area contributed by atoms with Crippen LogP contribution in [0.4, 0.5) is 0 Å². The molecule has 0 aliphatic heterocycles. The zero-order valence-electron chi connectivity index (χ0n) is 12.4. The van der Waals surface area contributed by atoms with Crippen LogP contribution in [0.15, 0.2) is 54.6 Å². The number of rotatable bonds is 6. The summed E-state index contributed by atoms with van der Waals surface area (Å²) in [7, 11) is -3.46. The summed E-state index contributed by atoms with van der Waals surface area (Å²) in [5, 5.41) is -1.12. The molecule has 0 bridgehead atoms. The standard InChI is InChI=1S/C17H19NO3S/c1-22(20,21)16(17(18)19)12-9-13-7-10-15(11-8-13)14-5-3-2-4-6-14/h2-8,10-11,16H,9,12H2,1H3,(H2,18,19). The summed E-state index contributed by atoms with van der Waals surface area (Å²) in [6, 6.07) is 17.9. The van der Waals surface area contributed by atoms with Crippen molar-refractivity contribution in [2.45, 2.75) is 18.1 Å². The molecule has 2 aromatic rings. The molecule has 0 saturated heterocycles. The highest BCUT2D eigenvalue weighted by Crippen LogP contribution is 2.20. The van der Waals surface area contributed by atoms with Crippen molar-refractivity contribution in [2.75, 3.05) is 6.26 Å². The fraction of sp³-hybridized carbons (Fsp3) is 0.235. The molecule has 0 fully saturated rings. The molecule has 2 rings (SSSR count). The van der Waals surface area contributed by atoms with E-state index in [2.05, 4.69) is 0 Å². The molecule has 0 saturated carbocycles. The first-order valence-corrected chi connectivity index (χ1v) is 8.96. The number of benzene rings is 2. The molecule has 1 unspecified atom stereocenters. The summed E-state index contributed by atoms with van der Waals surface area (Å²) < 4.78 is 23.1. The first-order chi connectivity index (χ1) is 10.4. The Bertz CT molecular complexity index is 737. The highest BCUT2D eigenvalue weighted by molar-refractivity contribution is 7.92. The second kappa shape index (κ2) is 6.75. The number of carbonyl (C=O) groups excluding carboxylic acids is 1. The van der Waals surface area contributed by atoms with Crippen LogP contribution in [0.25, 0.3) is 11.1 Å². The lowest BCUT2D eigenvalue weighted by Gasteiger charge is -2.11. The van der Waals surface area contributed by atoms with Gasteiger partial charge in [0.05, 0.1) is 0 Å². The van der Waals surface area contributed by atoms with Crippen LogP contribution in [0.2, 0.25) is 0 Å². The van der Waals surface area contributed by atoms with Gasteiger partial charge in [-0.1, -0.05) is 54.6 Å². The van der Waals surface area contributed by atoms with E-state index in [0.29, 0.717) is 6.42 Å². The minimum Gasteiger partial charge on any atom is -0.369 e. The van der Waals surface area contributed by atoms with E-state index in [9.17, 15) is 13.2 Å². The summed E-state index contributed by atoms with van der Waals surface area (Å²) in [6.07, 6.45) is 1.75. The largest absolute Gasteiger partial charge is 0.369 e. The monoisotopic (exact) mass is 317 g/mol. The molecule has 0 heterocycles. The van der Waals surface area contributed by atoms with Gasteiger partial charge in [-0.15, -0.1) is 0 Å². The Morgan fingerprint density at radius 3 is 2.05 bits per heavy atom. The Morgan fingerprint density at radius 1 is 1.00 bits per heavy atom. The average Bonchev–Trinajstić information content (AvgIpc) is 2.47. The molecular formula is C17H19NO3S. The van der Waals surface area contributed by atoms with E-state index >= 15 is 0 Å². The van der Waals surface area contributed by atoms with Gasteiger partial charge in [-0.05, 0) is 29.5 Å². The molecule has 0 aromatic heterocycles. The smallest absolute Gasteiger partial charge is 0.235 e. The Hall–Kier alpha value is -2.14. The minimum absolute atomic E-state index is 0.207. The molecule has 5 heteroatoms. The predicted molar refractivity (Wildman–Crippen MR) is 88.0 cm³/mol. The van der Waals surface area contributed by atoms with Crippen LogP contribution >= 0.6 is 0 Å². The zero-order valence-corrected chi connectivity index (χ0v) is 13.2. The van der Waals surface area contributed by atoms with Gasteiger partial charge >= 0.3 is 0 Å². The summed E-state index contributed by atoms with van der Waals surface area (Å²) in [4.78, 5) is 11.2. The molecule has 116 valence electrons. The highest BCUT2D eigenvalue weighted by atomic mass is 32.2. The van der Waals surface area contributed by atoms with Gasteiger partial charge < -0.3 is 5.73 Å². The molecule has 1 amide bonds. The molecule has 22 heavy (non-hydrogen) atoms. The minimum atomic E-state index is -3.46. The second-order valence-corrected chi connectivity index (χ2v) is 7.55. The summed E-state index contributed by atoms with van der Waals surface area (Å²) in [6.45, 7) is 0. The average molecular weight is 317 g/mol. The first-order valence-electron chi connectivity index (χ1n) is 7.00. The van der Waals surface area contributed by atoms with E-state index in [1.807, 2.05) is 54.6 Å². The van der Waals surface area contributed by atoms with Crippen molar-refractivity contribution in [1.29, 1.82) is 0 Å². The highest BCUT2D eigenvalue weighted by Gasteiger charge is 2.26. The topological polar surface area (TPSA) is 77.2 Å². The predicted octanol–water partition coefficient (Wildman–Crippen LogP) is 2.18. The van der Waals surface area contributed by atoms with E-state index in [0.717, 1.165) is 22.9 Å². The maximum atomic E-state index is 11.5. The molecular weight excluding hydrogens is 298 g/mol. The Morgan fingerprint density at radius 2 is 1.55 bits per heavy atom. The van der Waals surface area contributed by atoms with Gasteiger partial charge in [0.25, 0.3) is 0 Å². The summed E-state index contributed by atoms with van der Waals surface area (Å²) >= 11 is 0. The third-order valence-electron chi connectivity index (χ3n) is 3.59. The molecule has 1 atom stereocenters. The first kappa shape index (κ1) is 16.2. The molecule has 4 nitrogen and oxygen atoms in total. The molecule has 2 N–H and O–H groups in total. The van der Waals surface area contributed by atoms with Gasteiger partial charge in [0.15, 0.2) is 9.84 Å². The number of aryl methyl sites for hydroxylation is 1. The van der Waals surface area contributed by atoms with Crippen molar-refractivity contribution in [1.82, 2.24) is 0 Å². The van der Waals surface area contributed by atoms with Crippen LogP contribution in [-0.4, -0.2) is 25.8 Å². The molecule has 2 aromatic carbocycles. The van der Waals surface area contributed by atoms with Gasteiger partial charge in [-0.2, -0.15) is 0 Å². The van der Waals surface area contributed by atoms with Gasteiger partial charge in [-0.25, -0.2) is 8.42 Å². The number of sulfone groups is 1. The fourth-order valence-corrected chi connectivity index (χ4v) is 3.33. The lowest BCUT2D eigenvalue weighted by Crippen LogP contribution is -2.35. The summed E-state index contributed by atoms with van der Waals surface area (Å²) in [5.41, 5.74) is 8.37. The van der Waals surface area contributed by atoms with Gasteiger partial charge in [-0.3, -0.25) is 4.79 Å². The number of amides is 1. The quantitative estimate of drug-likeness (QED) is 0.887. The van der Waals surface area contributed by atoms with Crippen LogP contribution < -0.4 is 5.73 Å². The van der Waals surface area contributed by atoms with Crippen LogP contribution in [0.3, 0.4) is 0 Å². The van der Waals surface area contributed by atoms with Crippen molar-refractivity contribution in [2.24, 2.45) is 5.73 Å². The molecule has 0 spiro atoms. The third kappa shape index (κ3) is 4.18. The van der Waals surface area contributed by atoms with Crippen LogP contribution in [0, 0.1) is 0 Å². The zero-order chi connectivity index (χ0) is 16.2. The maximum absolute atomic E-state index is 11.5. The van der Waals surface area contributed by atoms with Crippen LogP contribution in [0.5, 0.6) is 0 Å². The molecule has 0 aliphatic rings. The normalized spacial score (nSPS) is 12.8. The van der Waals surface area contributed by atoms with E-state index in [-0.39, 0.29) is 6.42 Å². The third-order valence-corrected chi connectivity index (χ3v) is 5.09. The summed E-state index contributed by atoms with van der Waals surface area (Å²) in [5.74, 6) is -0.789. The SMILES string of the molecule is CS(=O)(=O)C(CCc1ccc(-c2ccccc2)cc1)C(N)=O. The maximum Gasteiger partial charge on any atom is 0.235 e. The van der Waals surface area contributed by atoms with Crippen molar-refractivity contribution in [3.8, 4) is 11.1 Å². The van der Waals surface area contributed by atoms with E-state index in [4.69, 9.17) is 5.73 Å². The fourth-order valence-electron chi connectivity index (χ4n) is 2.36. The number of hydrogen-bond donors (Lipinski definition) is 1.